The van der Waals surface area contributed by atoms with Gasteiger partial charge < -0.3 is 10.8 Å². The lowest BCUT2D eigenvalue weighted by atomic mass is 10.1. The Balaban J connectivity index is 3.50. The van der Waals surface area contributed by atoms with Gasteiger partial charge in [-0.2, -0.15) is 0 Å². The first-order valence-corrected chi connectivity index (χ1v) is 4.21. The highest BCUT2D eigenvalue weighted by molar-refractivity contribution is 9.10. The van der Waals surface area contributed by atoms with Crippen molar-refractivity contribution in [2.24, 2.45) is 0 Å². The van der Waals surface area contributed by atoms with Crippen LogP contribution in [-0.2, 0) is 0 Å². The summed E-state index contributed by atoms with van der Waals surface area (Å²) in [4.78, 5) is 10.6. The van der Waals surface area contributed by atoms with Gasteiger partial charge in [0.25, 0.3) is 0 Å². The van der Waals surface area contributed by atoms with Crippen molar-refractivity contribution in [2.45, 2.75) is 6.92 Å². The van der Waals surface area contributed by atoms with Crippen LogP contribution in [0, 0.1) is 12.7 Å². The molecule has 3 nitrogen and oxygen atoms in total. The molecule has 1 rings (SSSR count). The first-order chi connectivity index (χ1) is 5.95. The molecule has 1 aromatic rings. The molecule has 3 N–H and O–H groups in total. The number of hydrogen-bond acceptors (Lipinski definition) is 2. The number of carboxylic acid groups (broad SMARTS) is 1. The highest BCUT2D eigenvalue weighted by Crippen LogP contribution is 2.29. The monoisotopic (exact) mass is 247 g/mol. The lowest BCUT2D eigenvalue weighted by molar-refractivity contribution is 0.0697. The van der Waals surface area contributed by atoms with Crippen LogP contribution in [0.25, 0.3) is 0 Å². The molecule has 0 radical (unpaired) electrons. The summed E-state index contributed by atoms with van der Waals surface area (Å²) < 4.78 is 13.3. The maximum atomic E-state index is 13.0. The third kappa shape index (κ3) is 1.65. The second-order valence-corrected chi connectivity index (χ2v) is 3.36. The molecule has 0 saturated heterocycles. The van der Waals surface area contributed by atoms with E-state index in [1.54, 1.807) is 0 Å². The molecule has 0 fully saturated rings. The lowest BCUT2D eigenvalue weighted by Crippen LogP contribution is -2.05. The van der Waals surface area contributed by atoms with E-state index in [4.69, 9.17) is 10.8 Å². The zero-order valence-electron chi connectivity index (χ0n) is 6.77. The van der Waals surface area contributed by atoms with Crippen molar-refractivity contribution >= 4 is 27.6 Å². The van der Waals surface area contributed by atoms with Crippen LogP contribution in [0.4, 0.5) is 10.1 Å². The van der Waals surface area contributed by atoms with E-state index in [0.29, 0.717) is 10.0 Å². The average Bonchev–Trinajstić information content (AvgIpc) is 2.07. The number of benzene rings is 1. The van der Waals surface area contributed by atoms with Crippen LogP contribution in [0.3, 0.4) is 0 Å². The van der Waals surface area contributed by atoms with Crippen LogP contribution in [0.2, 0.25) is 0 Å². The van der Waals surface area contributed by atoms with Crippen LogP contribution < -0.4 is 5.73 Å². The first kappa shape index (κ1) is 9.98. The Hall–Kier alpha value is -1.10. The number of halogens is 2. The number of anilines is 1. The van der Waals surface area contributed by atoms with Gasteiger partial charge in [-0.3, -0.25) is 0 Å². The smallest absolute Gasteiger partial charge is 0.337 e. The fraction of sp³-hybridized carbons (Fsp3) is 0.125. The Morgan fingerprint density at radius 1 is 1.69 bits per heavy atom. The van der Waals surface area contributed by atoms with Gasteiger partial charge in [-0.15, -0.1) is 0 Å². The highest BCUT2D eigenvalue weighted by atomic mass is 79.9. The highest BCUT2D eigenvalue weighted by Gasteiger charge is 2.15. The average molecular weight is 248 g/mol. The third-order valence-corrected chi connectivity index (χ3v) is 2.74. The summed E-state index contributed by atoms with van der Waals surface area (Å²) in [5.74, 6) is -1.82. The molecule has 0 aliphatic carbocycles. The summed E-state index contributed by atoms with van der Waals surface area (Å²) in [6.07, 6.45) is 0. The molecule has 0 atom stereocenters. The third-order valence-electron chi connectivity index (χ3n) is 1.72. The molecule has 0 aliphatic rings. The molecule has 0 unspecified atom stereocenters. The van der Waals surface area contributed by atoms with E-state index >= 15 is 0 Å². The fourth-order valence-corrected chi connectivity index (χ4v) is 1.32. The minimum absolute atomic E-state index is 0.0476. The molecule has 1 aromatic carbocycles. The SMILES string of the molecule is Cc1c(F)cc(C(=O)O)c(N)c1Br. The number of carbonyl (C=O) groups is 1. The van der Waals surface area contributed by atoms with Crippen LogP contribution in [0.5, 0.6) is 0 Å². The van der Waals surface area contributed by atoms with Crippen molar-refractivity contribution in [3.8, 4) is 0 Å². The normalized spacial score (nSPS) is 10.1. The quantitative estimate of drug-likeness (QED) is 0.748. The molecule has 0 aromatic heterocycles. The standard InChI is InChI=1S/C8H7BrFNO2/c1-3-5(10)2-4(8(12)13)7(11)6(3)9/h2H,11H2,1H3,(H,12,13). The van der Waals surface area contributed by atoms with Crippen LogP contribution in [-0.4, -0.2) is 11.1 Å². The Labute approximate surface area is 82.5 Å². The molecule has 0 spiro atoms. The predicted octanol–water partition coefficient (Wildman–Crippen LogP) is 2.18. The number of carboxylic acids is 1. The zero-order valence-corrected chi connectivity index (χ0v) is 8.35. The lowest BCUT2D eigenvalue weighted by Gasteiger charge is -2.07. The Bertz CT molecular complexity index is 379. The molecule has 5 heteroatoms. The van der Waals surface area contributed by atoms with Crippen LogP contribution >= 0.6 is 15.9 Å². The molecular formula is C8H7BrFNO2. The van der Waals surface area contributed by atoms with Gasteiger partial charge in [0.1, 0.15) is 5.82 Å². The number of hydrogen-bond donors (Lipinski definition) is 2. The minimum atomic E-state index is -1.24. The molecule has 13 heavy (non-hydrogen) atoms. The topological polar surface area (TPSA) is 63.3 Å². The first-order valence-electron chi connectivity index (χ1n) is 3.42. The van der Waals surface area contributed by atoms with Crippen molar-refractivity contribution < 1.29 is 14.3 Å². The number of nitrogens with two attached hydrogens (primary N) is 1. The Morgan fingerprint density at radius 3 is 2.69 bits per heavy atom. The van der Waals surface area contributed by atoms with E-state index in [0.717, 1.165) is 6.07 Å². The van der Waals surface area contributed by atoms with E-state index in [-0.39, 0.29) is 11.3 Å². The predicted molar refractivity (Wildman–Crippen MR) is 50.2 cm³/mol. The maximum Gasteiger partial charge on any atom is 0.337 e. The zero-order chi connectivity index (χ0) is 10.2. The van der Waals surface area contributed by atoms with Crippen molar-refractivity contribution in [2.75, 3.05) is 5.73 Å². The summed E-state index contributed by atoms with van der Waals surface area (Å²) in [5.41, 5.74) is 5.59. The van der Waals surface area contributed by atoms with Gasteiger partial charge >= 0.3 is 5.97 Å². The van der Waals surface area contributed by atoms with Gasteiger partial charge in [0.05, 0.1) is 11.3 Å². The van der Waals surface area contributed by atoms with E-state index in [1.165, 1.54) is 6.92 Å². The number of aromatic carboxylic acids is 1. The van der Waals surface area contributed by atoms with E-state index in [9.17, 15) is 9.18 Å². The molecule has 0 saturated carbocycles. The van der Waals surface area contributed by atoms with Crippen molar-refractivity contribution in [1.82, 2.24) is 0 Å². The van der Waals surface area contributed by atoms with Crippen molar-refractivity contribution in [1.29, 1.82) is 0 Å². The van der Waals surface area contributed by atoms with Gasteiger partial charge in [0.15, 0.2) is 0 Å². The molecular weight excluding hydrogens is 241 g/mol. The number of nitrogen functional groups attached to an aromatic ring is 1. The summed E-state index contributed by atoms with van der Waals surface area (Å²) in [7, 11) is 0. The number of rotatable bonds is 1. The molecule has 0 bridgehead atoms. The minimum Gasteiger partial charge on any atom is -0.478 e. The van der Waals surface area contributed by atoms with E-state index < -0.39 is 11.8 Å². The van der Waals surface area contributed by atoms with Gasteiger partial charge in [-0.05, 0) is 28.9 Å². The van der Waals surface area contributed by atoms with E-state index in [1.807, 2.05) is 0 Å². The van der Waals surface area contributed by atoms with Gasteiger partial charge in [0, 0.05) is 10.0 Å². The molecule has 0 amide bonds. The second-order valence-electron chi connectivity index (χ2n) is 2.56. The summed E-state index contributed by atoms with van der Waals surface area (Å²) in [6, 6.07) is 0.914. The van der Waals surface area contributed by atoms with Gasteiger partial charge in [-0.1, -0.05) is 0 Å². The molecule has 0 heterocycles. The van der Waals surface area contributed by atoms with Crippen molar-refractivity contribution in [3.63, 3.8) is 0 Å². The summed E-state index contributed by atoms with van der Waals surface area (Å²) >= 11 is 3.02. The van der Waals surface area contributed by atoms with Crippen LogP contribution in [0.1, 0.15) is 15.9 Å². The fourth-order valence-electron chi connectivity index (χ4n) is 0.915. The van der Waals surface area contributed by atoms with Crippen LogP contribution in [0.15, 0.2) is 10.5 Å². The largest absolute Gasteiger partial charge is 0.478 e. The van der Waals surface area contributed by atoms with Gasteiger partial charge in [-0.25, -0.2) is 9.18 Å². The Kier molecular flexibility index (Phi) is 2.56. The summed E-state index contributed by atoms with van der Waals surface area (Å²) in [5, 5.41) is 8.64. The Morgan fingerprint density at radius 2 is 2.23 bits per heavy atom. The summed E-state index contributed by atoms with van der Waals surface area (Å²) in [6.45, 7) is 1.52. The van der Waals surface area contributed by atoms with E-state index in [2.05, 4.69) is 15.9 Å². The second kappa shape index (κ2) is 3.33. The maximum absolute atomic E-state index is 13.0. The molecule has 70 valence electrons. The van der Waals surface area contributed by atoms with Crippen molar-refractivity contribution in [3.05, 3.63) is 27.5 Å². The van der Waals surface area contributed by atoms with Gasteiger partial charge in [0.2, 0.25) is 0 Å². The molecule has 0 aliphatic heterocycles.